The van der Waals surface area contributed by atoms with Crippen LogP contribution in [0.25, 0.3) is 22.4 Å². The van der Waals surface area contributed by atoms with Crippen molar-refractivity contribution >= 4 is 6.09 Å². The molecule has 1 aromatic heterocycles. The molecule has 1 aliphatic rings. The standard InChI is InChI=1S/C23H19N3O3/c24-14-17-13-19(15-5-2-1-3-6-15)20(26-21(17)27)16-7-9-18(10-8-16)23(11-4-12-23)29-22(25)28/h1-3,5-10,13H,4,11-12H2,(H2,25,28)(H,26,27). The van der Waals surface area contributed by atoms with Gasteiger partial charge in [0.25, 0.3) is 5.56 Å². The van der Waals surface area contributed by atoms with Crippen molar-refractivity contribution in [1.29, 1.82) is 5.26 Å². The van der Waals surface area contributed by atoms with Gasteiger partial charge in [-0.2, -0.15) is 5.26 Å². The average molecular weight is 385 g/mol. The number of H-pyrrole nitrogens is 1. The molecule has 0 radical (unpaired) electrons. The zero-order valence-electron chi connectivity index (χ0n) is 15.6. The van der Waals surface area contributed by atoms with Crippen molar-refractivity contribution in [1.82, 2.24) is 4.98 Å². The van der Waals surface area contributed by atoms with Crippen LogP contribution in [0.5, 0.6) is 0 Å². The van der Waals surface area contributed by atoms with Gasteiger partial charge in [0.15, 0.2) is 0 Å². The Balaban J connectivity index is 1.79. The fourth-order valence-corrected chi connectivity index (χ4v) is 3.77. The molecular weight excluding hydrogens is 366 g/mol. The molecule has 1 saturated carbocycles. The summed E-state index contributed by atoms with van der Waals surface area (Å²) in [5.41, 5.74) is 8.18. The zero-order valence-corrected chi connectivity index (χ0v) is 15.6. The highest BCUT2D eigenvalue weighted by atomic mass is 16.6. The summed E-state index contributed by atoms with van der Waals surface area (Å²) in [5.74, 6) is 0. The number of nitrogens with zero attached hydrogens (tertiary/aromatic N) is 1. The molecular formula is C23H19N3O3. The SMILES string of the molecule is N#Cc1cc(-c2ccccc2)c(-c2ccc(C3(OC(N)=O)CCC3)cc2)[nH]c1=O. The van der Waals surface area contributed by atoms with E-state index in [1.165, 1.54) is 0 Å². The second kappa shape index (κ2) is 7.28. The monoisotopic (exact) mass is 385 g/mol. The first-order chi connectivity index (χ1) is 14.0. The lowest BCUT2D eigenvalue weighted by Crippen LogP contribution is -2.40. The summed E-state index contributed by atoms with van der Waals surface area (Å²) in [6, 6.07) is 20.7. The van der Waals surface area contributed by atoms with Gasteiger partial charge in [0.1, 0.15) is 17.2 Å². The molecule has 6 heteroatoms. The molecule has 0 atom stereocenters. The van der Waals surface area contributed by atoms with Crippen molar-refractivity contribution in [2.45, 2.75) is 24.9 Å². The number of carbonyl (C=O) groups excluding carboxylic acids is 1. The molecule has 0 spiro atoms. The minimum Gasteiger partial charge on any atom is -0.438 e. The van der Waals surface area contributed by atoms with Gasteiger partial charge in [-0.05, 0) is 42.0 Å². The summed E-state index contributed by atoms with van der Waals surface area (Å²) < 4.78 is 5.39. The van der Waals surface area contributed by atoms with E-state index < -0.39 is 17.3 Å². The van der Waals surface area contributed by atoms with Crippen molar-refractivity contribution in [2.75, 3.05) is 0 Å². The summed E-state index contributed by atoms with van der Waals surface area (Å²) >= 11 is 0. The van der Waals surface area contributed by atoms with Gasteiger partial charge in [-0.3, -0.25) is 4.79 Å². The molecule has 1 fully saturated rings. The number of nitriles is 1. The third kappa shape index (κ3) is 3.39. The van der Waals surface area contributed by atoms with Crippen molar-refractivity contribution in [3.63, 3.8) is 0 Å². The Hall–Kier alpha value is -3.85. The van der Waals surface area contributed by atoms with Gasteiger partial charge < -0.3 is 15.5 Å². The number of hydrogen-bond acceptors (Lipinski definition) is 4. The zero-order chi connectivity index (χ0) is 20.4. The van der Waals surface area contributed by atoms with Crippen LogP contribution in [-0.4, -0.2) is 11.1 Å². The van der Waals surface area contributed by atoms with E-state index >= 15 is 0 Å². The lowest BCUT2D eigenvalue weighted by Gasteiger charge is -2.40. The van der Waals surface area contributed by atoms with E-state index in [4.69, 9.17) is 10.5 Å². The van der Waals surface area contributed by atoms with Crippen LogP contribution in [0.4, 0.5) is 4.79 Å². The minimum absolute atomic E-state index is 0.0625. The quantitative estimate of drug-likeness (QED) is 0.706. The van der Waals surface area contributed by atoms with E-state index in [1.54, 1.807) is 6.07 Å². The maximum Gasteiger partial charge on any atom is 0.405 e. The Morgan fingerprint density at radius 1 is 1.07 bits per heavy atom. The fraction of sp³-hybridized carbons (Fsp3) is 0.174. The number of ether oxygens (including phenoxy) is 1. The number of pyridine rings is 1. The summed E-state index contributed by atoms with van der Waals surface area (Å²) in [4.78, 5) is 26.4. The van der Waals surface area contributed by atoms with E-state index in [9.17, 15) is 14.9 Å². The molecule has 1 aliphatic carbocycles. The number of aromatic nitrogens is 1. The van der Waals surface area contributed by atoms with Crippen molar-refractivity contribution in [3.05, 3.63) is 82.1 Å². The molecule has 0 aliphatic heterocycles. The highest BCUT2D eigenvalue weighted by molar-refractivity contribution is 5.81. The van der Waals surface area contributed by atoms with Crippen LogP contribution < -0.4 is 11.3 Å². The van der Waals surface area contributed by atoms with Crippen LogP contribution in [0.3, 0.4) is 0 Å². The Kier molecular flexibility index (Phi) is 4.65. The van der Waals surface area contributed by atoms with Crippen molar-refractivity contribution in [3.8, 4) is 28.5 Å². The van der Waals surface area contributed by atoms with Gasteiger partial charge in [0, 0.05) is 5.56 Å². The number of carbonyl (C=O) groups is 1. The Labute approximate surface area is 167 Å². The largest absolute Gasteiger partial charge is 0.438 e. The molecule has 0 unspecified atom stereocenters. The maximum absolute atomic E-state index is 12.3. The lowest BCUT2D eigenvalue weighted by molar-refractivity contribution is -0.0489. The first kappa shape index (κ1) is 18.5. The highest BCUT2D eigenvalue weighted by Gasteiger charge is 2.42. The fourth-order valence-electron chi connectivity index (χ4n) is 3.77. The number of benzene rings is 2. The summed E-state index contributed by atoms with van der Waals surface area (Å²) in [7, 11) is 0. The molecule has 0 bridgehead atoms. The first-order valence-corrected chi connectivity index (χ1v) is 9.35. The van der Waals surface area contributed by atoms with E-state index in [1.807, 2.05) is 60.7 Å². The molecule has 6 nitrogen and oxygen atoms in total. The first-order valence-electron chi connectivity index (χ1n) is 9.35. The molecule has 29 heavy (non-hydrogen) atoms. The Morgan fingerprint density at radius 3 is 2.31 bits per heavy atom. The van der Waals surface area contributed by atoms with Crippen LogP contribution in [0, 0.1) is 11.3 Å². The molecule has 2 aromatic carbocycles. The molecule has 4 rings (SSSR count). The van der Waals surface area contributed by atoms with Crippen LogP contribution in [0.1, 0.15) is 30.4 Å². The van der Waals surface area contributed by atoms with Crippen LogP contribution in [0.2, 0.25) is 0 Å². The van der Waals surface area contributed by atoms with Gasteiger partial charge in [-0.25, -0.2) is 4.79 Å². The maximum atomic E-state index is 12.3. The van der Waals surface area contributed by atoms with Gasteiger partial charge in [0.05, 0.1) is 5.69 Å². The average Bonchev–Trinajstić information content (AvgIpc) is 2.71. The number of aromatic amines is 1. The van der Waals surface area contributed by atoms with Crippen LogP contribution in [0.15, 0.2) is 65.5 Å². The molecule has 1 amide bonds. The van der Waals surface area contributed by atoms with Crippen molar-refractivity contribution in [2.24, 2.45) is 5.73 Å². The number of nitrogens with one attached hydrogen (secondary N) is 1. The molecule has 3 N–H and O–H groups in total. The third-order valence-electron chi connectivity index (χ3n) is 5.40. The van der Waals surface area contributed by atoms with Gasteiger partial charge >= 0.3 is 6.09 Å². The van der Waals surface area contributed by atoms with E-state index in [2.05, 4.69) is 4.98 Å². The number of primary amides is 1. The number of nitrogens with two attached hydrogens (primary N) is 1. The Bertz CT molecular complexity index is 1150. The Morgan fingerprint density at radius 2 is 1.76 bits per heavy atom. The second-order valence-electron chi connectivity index (χ2n) is 7.12. The second-order valence-corrected chi connectivity index (χ2v) is 7.12. The molecule has 3 aromatic rings. The lowest BCUT2D eigenvalue weighted by atomic mass is 9.74. The van der Waals surface area contributed by atoms with E-state index in [0.29, 0.717) is 5.69 Å². The van der Waals surface area contributed by atoms with Gasteiger partial charge in [-0.15, -0.1) is 0 Å². The molecule has 144 valence electrons. The third-order valence-corrected chi connectivity index (χ3v) is 5.40. The van der Waals surface area contributed by atoms with Gasteiger partial charge in [-0.1, -0.05) is 54.6 Å². The predicted molar refractivity (Wildman–Crippen MR) is 109 cm³/mol. The number of amides is 1. The highest BCUT2D eigenvalue weighted by Crippen LogP contribution is 2.45. The minimum atomic E-state index is -0.781. The molecule has 1 heterocycles. The topological polar surface area (TPSA) is 109 Å². The van der Waals surface area contributed by atoms with Crippen molar-refractivity contribution < 1.29 is 9.53 Å². The van der Waals surface area contributed by atoms with Gasteiger partial charge in [0.2, 0.25) is 0 Å². The summed E-state index contributed by atoms with van der Waals surface area (Å²) in [5, 5.41) is 9.26. The van der Waals surface area contributed by atoms with E-state index in [0.717, 1.165) is 41.5 Å². The number of hydrogen-bond donors (Lipinski definition) is 2. The smallest absolute Gasteiger partial charge is 0.405 e. The molecule has 0 saturated heterocycles. The predicted octanol–water partition coefficient (Wildman–Crippen LogP) is 4.06. The summed E-state index contributed by atoms with van der Waals surface area (Å²) in [6.45, 7) is 0. The van der Waals surface area contributed by atoms with Crippen LogP contribution >= 0.6 is 0 Å². The number of rotatable bonds is 4. The van der Waals surface area contributed by atoms with Crippen LogP contribution in [-0.2, 0) is 10.3 Å². The summed E-state index contributed by atoms with van der Waals surface area (Å²) in [6.07, 6.45) is 1.66. The van der Waals surface area contributed by atoms with E-state index in [-0.39, 0.29) is 5.56 Å². The normalized spacial score (nSPS) is 14.4.